The number of hydrogen-bond acceptors (Lipinski definition) is 4. The number of hydrogen-bond donors (Lipinski definition) is 0. The second kappa shape index (κ2) is 4.96. The molecule has 0 spiro atoms. The van der Waals surface area contributed by atoms with E-state index in [4.69, 9.17) is 4.74 Å². The lowest BCUT2D eigenvalue weighted by Crippen LogP contribution is -1.96. The van der Waals surface area contributed by atoms with E-state index in [2.05, 4.69) is 9.97 Å². The average Bonchev–Trinajstić information content (AvgIpc) is 2.28. The Morgan fingerprint density at radius 3 is 2.11 bits per heavy atom. The van der Waals surface area contributed by atoms with Gasteiger partial charge in [-0.05, 0) is 51.1 Å². The van der Waals surface area contributed by atoms with Crippen molar-refractivity contribution in [2.45, 2.75) is 20.8 Å². The summed E-state index contributed by atoms with van der Waals surface area (Å²) in [5.41, 5.74) is 2.37. The smallest absolute Gasteiger partial charge is 0.322 e. The minimum atomic E-state index is 0.0317. The van der Waals surface area contributed by atoms with Crippen LogP contribution < -0.4 is 4.74 Å². The highest BCUT2D eigenvalue weighted by atomic mass is 16.5. The first kappa shape index (κ1) is 12.2. The van der Waals surface area contributed by atoms with E-state index in [-0.39, 0.29) is 5.78 Å². The standard InChI is InChI=1S/C14H14N2O2/c1-9-8-10(2)16-14(15-9)18-13-6-4-12(5-7-13)11(3)17/h4-8H,1-3H3. The number of aromatic nitrogens is 2. The molecule has 18 heavy (non-hydrogen) atoms. The topological polar surface area (TPSA) is 52.1 Å². The first-order chi connectivity index (χ1) is 8.54. The van der Waals surface area contributed by atoms with Crippen LogP contribution in [0.2, 0.25) is 0 Å². The molecule has 0 aliphatic rings. The Labute approximate surface area is 106 Å². The number of aryl methyl sites for hydroxylation is 2. The normalized spacial score (nSPS) is 10.2. The summed E-state index contributed by atoms with van der Waals surface area (Å²) in [4.78, 5) is 19.5. The van der Waals surface area contributed by atoms with E-state index < -0.39 is 0 Å². The van der Waals surface area contributed by atoms with E-state index in [1.165, 1.54) is 6.92 Å². The van der Waals surface area contributed by atoms with Crippen LogP contribution in [0, 0.1) is 13.8 Å². The number of carbonyl (C=O) groups is 1. The quantitative estimate of drug-likeness (QED) is 0.776. The third kappa shape index (κ3) is 2.91. The van der Waals surface area contributed by atoms with Crippen molar-refractivity contribution in [2.24, 2.45) is 0 Å². The van der Waals surface area contributed by atoms with Crippen LogP contribution in [0.5, 0.6) is 11.8 Å². The number of carbonyl (C=O) groups excluding carboxylic acids is 1. The van der Waals surface area contributed by atoms with Crippen molar-refractivity contribution in [3.05, 3.63) is 47.3 Å². The summed E-state index contributed by atoms with van der Waals surface area (Å²) in [5.74, 6) is 0.647. The van der Waals surface area contributed by atoms with Crippen LogP contribution in [-0.4, -0.2) is 15.8 Å². The lowest BCUT2D eigenvalue weighted by atomic mass is 10.1. The van der Waals surface area contributed by atoms with Gasteiger partial charge >= 0.3 is 6.01 Å². The van der Waals surface area contributed by atoms with Gasteiger partial charge in [-0.25, -0.2) is 9.97 Å². The number of rotatable bonds is 3. The minimum Gasteiger partial charge on any atom is -0.424 e. The molecule has 4 nitrogen and oxygen atoms in total. The lowest BCUT2D eigenvalue weighted by molar-refractivity contribution is 0.101. The third-order valence-corrected chi connectivity index (χ3v) is 2.43. The summed E-state index contributed by atoms with van der Waals surface area (Å²) in [5, 5.41) is 0. The van der Waals surface area contributed by atoms with Gasteiger partial charge in [0.05, 0.1) is 0 Å². The Bertz CT molecular complexity index is 557. The molecule has 0 unspecified atom stereocenters. The van der Waals surface area contributed by atoms with Gasteiger partial charge in [0.2, 0.25) is 0 Å². The molecule has 0 bridgehead atoms. The van der Waals surface area contributed by atoms with Crippen molar-refractivity contribution >= 4 is 5.78 Å². The highest BCUT2D eigenvalue weighted by Gasteiger charge is 2.04. The van der Waals surface area contributed by atoms with E-state index in [0.29, 0.717) is 17.3 Å². The number of Topliss-reactive ketones (excluding diaryl/α,β-unsaturated/α-hetero) is 1. The molecule has 0 N–H and O–H groups in total. The molecule has 0 fully saturated rings. The van der Waals surface area contributed by atoms with Crippen molar-refractivity contribution in [1.29, 1.82) is 0 Å². The van der Waals surface area contributed by atoms with Crippen LogP contribution in [0.3, 0.4) is 0 Å². The van der Waals surface area contributed by atoms with E-state index in [1.807, 2.05) is 19.9 Å². The number of ether oxygens (including phenoxy) is 1. The van der Waals surface area contributed by atoms with Gasteiger partial charge in [0.15, 0.2) is 5.78 Å². The number of nitrogens with zero attached hydrogens (tertiary/aromatic N) is 2. The Balaban J connectivity index is 2.20. The molecule has 1 aromatic carbocycles. The molecule has 0 amide bonds. The Hall–Kier alpha value is -2.23. The Morgan fingerprint density at radius 1 is 1.06 bits per heavy atom. The van der Waals surface area contributed by atoms with Gasteiger partial charge in [0.25, 0.3) is 0 Å². The van der Waals surface area contributed by atoms with Crippen molar-refractivity contribution in [3.63, 3.8) is 0 Å². The number of benzene rings is 1. The molecule has 92 valence electrons. The van der Waals surface area contributed by atoms with Gasteiger partial charge < -0.3 is 4.74 Å². The fourth-order valence-electron chi connectivity index (χ4n) is 1.60. The van der Waals surface area contributed by atoms with Crippen LogP contribution in [0.15, 0.2) is 30.3 Å². The molecule has 1 aromatic heterocycles. The van der Waals surface area contributed by atoms with Gasteiger partial charge in [-0.3, -0.25) is 4.79 Å². The summed E-state index contributed by atoms with van der Waals surface area (Å²) in [6, 6.07) is 9.12. The van der Waals surface area contributed by atoms with Crippen molar-refractivity contribution in [3.8, 4) is 11.8 Å². The van der Waals surface area contributed by atoms with E-state index in [0.717, 1.165) is 11.4 Å². The highest BCUT2D eigenvalue weighted by Crippen LogP contribution is 2.19. The van der Waals surface area contributed by atoms with Crippen LogP contribution in [-0.2, 0) is 0 Å². The van der Waals surface area contributed by atoms with Crippen LogP contribution in [0.25, 0.3) is 0 Å². The van der Waals surface area contributed by atoms with Gasteiger partial charge in [0.1, 0.15) is 5.75 Å². The summed E-state index contributed by atoms with van der Waals surface area (Å²) in [6.45, 7) is 5.31. The van der Waals surface area contributed by atoms with Gasteiger partial charge in [-0.2, -0.15) is 0 Å². The Morgan fingerprint density at radius 2 is 1.61 bits per heavy atom. The zero-order chi connectivity index (χ0) is 13.1. The molecule has 0 aliphatic heterocycles. The van der Waals surface area contributed by atoms with E-state index >= 15 is 0 Å². The summed E-state index contributed by atoms with van der Waals surface area (Å²) in [6.07, 6.45) is 0. The van der Waals surface area contributed by atoms with Crippen molar-refractivity contribution in [1.82, 2.24) is 9.97 Å². The average molecular weight is 242 g/mol. The minimum absolute atomic E-state index is 0.0317. The zero-order valence-electron chi connectivity index (χ0n) is 10.6. The van der Waals surface area contributed by atoms with Crippen LogP contribution in [0.4, 0.5) is 0 Å². The molecule has 0 radical (unpaired) electrons. The largest absolute Gasteiger partial charge is 0.424 e. The molecular weight excluding hydrogens is 228 g/mol. The summed E-state index contributed by atoms with van der Waals surface area (Å²) >= 11 is 0. The van der Waals surface area contributed by atoms with Crippen LogP contribution in [0.1, 0.15) is 28.7 Å². The lowest BCUT2D eigenvalue weighted by Gasteiger charge is -2.05. The SMILES string of the molecule is CC(=O)c1ccc(Oc2nc(C)cc(C)n2)cc1. The van der Waals surface area contributed by atoms with Crippen molar-refractivity contribution < 1.29 is 9.53 Å². The van der Waals surface area contributed by atoms with Gasteiger partial charge in [-0.1, -0.05) is 0 Å². The third-order valence-electron chi connectivity index (χ3n) is 2.43. The monoisotopic (exact) mass is 242 g/mol. The van der Waals surface area contributed by atoms with Gasteiger partial charge in [0, 0.05) is 17.0 Å². The van der Waals surface area contributed by atoms with E-state index in [9.17, 15) is 4.79 Å². The maximum Gasteiger partial charge on any atom is 0.322 e. The predicted molar refractivity (Wildman–Crippen MR) is 68.0 cm³/mol. The highest BCUT2D eigenvalue weighted by molar-refractivity contribution is 5.94. The summed E-state index contributed by atoms with van der Waals surface area (Å²) < 4.78 is 5.54. The van der Waals surface area contributed by atoms with Crippen LogP contribution >= 0.6 is 0 Å². The molecule has 0 atom stereocenters. The predicted octanol–water partition coefficient (Wildman–Crippen LogP) is 3.09. The maximum atomic E-state index is 11.1. The second-order valence-corrected chi connectivity index (χ2v) is 4.12. The Kier molecular flexibility index (Phi) is 3.37. The second-order valence-electron chi connectivity index (χ2n) is 4.12. The molecule has 2 rings (SSSR count). The number of ketones is 1. The first-order valence-electron chi connectivity index (χ1n) is 5.66. The fourth-order valence-corrected chi connectivity index (χ4v) is 1.60. The van der Waals surface area contributed by atoms with Crippen molar-refractivity contribution in [2.75, 3.05) is 0 Å². The molecule has 0 saturated heterocycles. The molecule has 0 aliphatic carbocycles. The van der Waals surface area contributed by atoms with Gasteiger partial charge in [-0.15, -0.1) is 0 Å². The molecule has 2 aromatic rings. The fraction of sp³-hybridized carbons (Fsp3) is 0.214. The molecular formula is C14H14N2O2. The molecule has 1 heterocycles. The maximum absolute atomic E-state index is 11.1. The first-order valence-corrected chi connectivity index (χ1v) is 5.66. The molecule has 4 heteroatoms. The summed E-state index contributed by atoms with van der Waals surface area (Å²) in [7, 11) is 0. The molecule has 0 saturated carbocycles. The van der Waals surface area contributed by atoms with E-state index in [1.54, 1.807) is 24.3 Å². The zero-order valence-corrected chi connectivity index (χ0v) is 10.6.